The predicted octanol–water partition coefficient (Wildman–Crippen LogP) is 3.17. The topological polar surface area (TPSA) is 62.9 Å². The number of thiophene rings is 1. The van der Waals surface area contributed by atoms with Crippen molar-refractivity contribution >= 4 is 39.7 Å². The Hall–Kier alpha value is -2.38. The van der Waals surface area contributed by atoms with E-state index in [0.29, 0.717) is 6.01 Å². The van der Waals surface area contributed by atoms with Gasteiger partial charge < -0.3 is 14.1 Å². The van der Waals surface area contributed by atoms with Gasteiger partial charge in [0.2, 0.25) is 0 Å². The lowest BCUT2D eigenvalue weighted by atomic mass is 10.3. The van der Waals surface area contributed by atoms with Gasteiger partial charge in [-0.15, -0.1) is 11.3 Å². The molecule has 0 saturated carbocycles. The third-order valence-corrected chi connectivity index (χ3v) is 4.66. The second-order valence-corrected chi connectivity index (χ2v) is 6.23. The molecule has 1 aromatic carbocycles. The molecule has 3 heterocycles. The summed E-state index contributed by atoms with van der Waals surface area (Å²) >= 11 is 1.71. The first-order valence-electron chi connectivity index (χ1n) is 7.46. The van der Waals surface area contributed by atoms with Crippen molar-refractivity contribution < 1.29 is 9.15 Å². The molecule has 0 radical (unpaired) electrons. The summed E-state index contributed by atoms with van der Waals surface area (Å²) in [4.78, 5) is 7.72. The normalized spacial score (nSPS) is 15.6. The molecule has 4 rings (SSSR count). The summed E-state index contributed by atoms with van der Waals surface area (Å²) in [6.45, 7) is 3.47. The van der Waals surface area contributed by atoms with Crippen LogP contribution in [0.1, 0.15) is 4.88 Å². The van der Waals surface area contributed by atoms with Crippen molar-refractivity contribution in [2.75, 3.05) is 36.6 Å². The van der Waals surface area contributed by atoms with E-state index in [1.54, 1.807) is 17.6 Å². The number of hydrogen-bond donors (Lipinski definition) is 1. The summed E-state index contributed by atoms with van der Waals surface area (Å²) in [5.74, 6) is 0. The molecule has 7 heteroatoms. The highest BCUT2D eigenvalue weighted by Gasteiger charge is 2.12. The van der Waals surface area contributed by atoms with E-state index in [4.69, 9.17) is 9.15 Å². The summed E-state index contributed by atoms with van der Waals surface area (Å²) in [6, 6.07) is 12.2. The molecular formula is C16H16N4O2S. The van der Waals surface area contributed by atoms with Gasteiger partial charge in [-0.3, -0.25) is 0 Å². The Morgan fingerprint density at radius 2 is 2.04 bits per heavy atom. The summed E-state index contributed by atoms with van der Waals surface area (Å²) in [5.41, 5.74) is 4.40. The third-order valence-electron chi connectivity index (χ3n) is 3.58. The number of ether oxygens (including phenoxy) is 1. The Labute approximate surface area is 137 Å². The molecule has 0 amide bonds. The van der Waals surface area contributed by atoms with Crippen LogP contribution in [-0.4, -0.2) is 37.5 Å². The van der Waals surface area contributed by atoms with Crippen LogP contribution in [0, 0.1) is 0 Å². The first-order valence-corrected chi connectivity index (χ1v) is 8.27. The Kier molecular flexibility index (Phi) is 3.95. The number of para-hydroxylation sites is 2. The highest BCUT2D eigenvalue weighted by molar-refractivity contribution is 7.17. The molecule has 0 bridgehead atoms. The predicted molar refractivity (Wildman–Crippen MR) is 92.6 cm³/mol. The Balaban J connectivity index is 1.41. The van der Waals surface area contributed by atoms with Gasteiger partial charge >= 0.3 is 6.01 Å². The summed E-state index contributed by atoms with van der Waals surface area (Å²) in [6.07, 6.45) is 1.78. The number of rotatable bonds is 4. The van der Waals surface area contributed by atoms with Crippen molar-refractivity contribution in [3.63, 3.8) is 0 Å². The Bertz CT molecular complexity index is 787. The van der Waals surface area contributed by atoms with E-state index in [1.807, 2.05) is 24.3 Å². The second-order valence-electron chi connectivity index (χ2n) is 5.13. The number of aromatic nitrogens is 1. The number of fused-ring (bicyclic) bond motifs is 1. The monoisotopic (exact) mass is 328 g/mol. The van der Waals surface area contributed by atoms with Crippen molar-refractivity contribution in [3.8, 4) is 0 Å². The highest BCUT2D eigenvalue weighted by atomic mass is 32.1. The molecule has 3 aromatic rings. The molecule has 1 N–H and O–H groups in total. The molecule has 1 aliphatic heterocycles. The Morgan fingerprint density at radius 3 is 2.91 bits per heavy atom. The molecular weight excluding hydrogens is 312 g/mol. The van der Waals surface area contributed by atoms with Gasteiger partial charge in [-0.05, 0) is 24.3 Å². The van der Waals surface area contributed by atoms with Crippen molar-refractivity contribution in [1.82, 2.24) is 4.98 Å². The quantitative estimate of drug-likeness (QED) is 0.589. The fourth-order valence-electron chi connectivity index (χ4n) is 2.44. The lowest BCUT2D eigenvalue weighted by molar-refractivity contribution is 0.123. The van der Waals surface area contributed by atoms with Crippen LogP contribution in [-0.2, 0) is 4.74 Å². The average molecular weight is 328 g/mol. The number of benzene rings is 1. The molecule has 0 unspecified atom stereocenters. The number of hydrazone groups is 1. The van der Waals surface area contributed by atoms with E-state index in [2.05, 4.69) is 32.5 Å². The number of hydrogen-bond acceptors (Lipinski definition) is 7. The number of morpholine rings is 1. The first kappa shape index (κ1) is 14.2. The molecule has 1 aliphatic rings. The molecule has 23 heavy (non-hydrogen) atoms. The van der Waals surface area contributed by atoms with Gasteiger partial charge in [-0.2, -0.15) is 10.1 Å². The molecule has 0 aliphatic carbocycles. The minimum Gasteiger partial charge on any atom is -0.422 e. The van der Waals surface area contributed by atoms with E-state index < -0.39 is 0 Å². The standard InChI is InChI=1S/C16H16N4O2S/c1-2-4-14-13(3-1)18-16(22-14)19-17-11-12-5-6-15(23-12)20-7-9-21-10-8-20/h1-6,11H,7-10H2,(H,18,19)/b17-11-. The summed E-state index contributed by atoms with van der Waals surface area (Å²) in [7, 11) is 0. The van der Waals surface area contributed by atoms with Crippen molar-refractivity contribution in [2.45, 2.75) is 0 Å². The van der Waals surface area contributed by atoms with Crippen LogP contribution in [0.5, 0.6) is 0 Å². The van der Waals surface area contributed by atoms with Gasteiger partial charge in [-0.25, -0.2) is 5.43 Å². The van der Waals surface area contributed by atoms with Crippen LogP contribution in [0.4, 0.5) is 11.0 Å². The largest absolute Gasteiger partial charge is 0.422 e. The van der Waals surface area contributed by atoms with E-state index in [-0.39, 0.29) is 0 Å². The smallest absolute Gasteiger partial charge is 0.316 e. The zero-order valence-electron chi connectivity index (χ0n) is 12.4. The van der Waals surface area contributed by atoms with E-state index in [1.165, 1.54) is 5.00 Å². The molecule has 0 atom stereocenters. The van der Waals surface area contributed by atoms with Crippen molar-refractivity contribution in [1.29, 1.82) is 0 Å². The van der Waals surface area contributed by atoms with E-state index in [0.717, 1.165) is 42.3 Å². The maximum absolute atomic E-state index is 5.55. The van der Waals surface area contributed by atoms with Crippen LogP contribution in [0.3, 0.4) is 0 Å². The van der Waals surface area contributed by atoms with Gasteiger partial charge in [0, 0.05) is 18.0 Å². The number of anilines is 2. The fourth-order valence-corrected chi connectivity index (χ4v) is 3.37. The zero-order chi connectivity index (χ0) is 15.5. The molecule has 2 aromatic heterocycles. The summed E-state index contributed by atoms with van der Waals surface area (Å²) in [5, 5.41) is 5.45. The second kappa shape index (κ2) is 6.39. The molecule has 118 valence electrons. The fraction of sp³-hybridized carbons (Fsp3) is 0.250. The van der Waals surface area contributed by atoms with Crippen molar-refractivity contribution in [3.05, 3.63) is 41.3 Å². The van der Waals surface area contributed by atoms with Crippen LogP contribution in [0.2, 0.25) is 0 Å². The minimum absolute atomic E-state index is 0.396. The van der Waals surface area contributed by atoms with E-state index in [9.17, 15) is 0 Å². The number of nitrogens with zero attached hydrogens (tertiary/aromatic N) is 3. The first-order chi connectivity index (χ1) is 11.4. The molecule has 6 nitrogen and oxygen atoms in total. The van der Waals surface area contributed by atoms with Gasteiger partial charge in [0.1, 0.15) is 5.52 Å². The van der Waals surface area contributed by atoms with Crippen LogP contribution in [0.15, 0.2) is 45.9 Å². The lowest BCUT2D eigenvalue weighted by Gasteiger charge is -2.27. The molecule has 0 spiro atoms. The van der Waals surface area contributed by atoms with Gasteiger partial charge in [0.25, 0.3) is 0 Å². The van der Waals surface area contributed by atoms with Crippen LogP contribution < -0.4 is 10.3 Å². The summed E-state index contributed by atoms with van der Waals surface area (Å²) < 4.78 is 10.9. The SMILES string of the molecule is C(=N/Nc1nc2ccccc2o1)/c1ccc(N2CCOCC2)s1. The van der Waals surface area contributed by atoms with Crippen LogP contribution >= 0.6 is 11.3 Å². The number of nitrogens with one attached hydrogen (secondary N) is 1. The van der Waals surface area contributed by atoms with Gasteiger partial charge in [0.15, 0.2) is 5.58 Å². The Morgan fingerprint density at radius 1 is 1.17 bits per heavy atom. The van der Waals surface area contributed by atoms with Crippen molar-refractivity contribution in [2.24, 2.45) is 5.10 Å². The molecule has 1 saturated heterocycles. The van der Waals surface area contributed by atoms with Crippen LogP contribution in [0.25, 0.3) is 11.1 Å². The van der Waals surface area contributed by atoms with Gasteiger partial charge in [-0.1, -0.05) is 12.1 Å². The number of oxazole rings is 1. The third kappa shape index (κ3) is 3.20. The van der Waals surface area contributed by atoms with E-state index >= 15 is 0 Å². The average Bonchev–Trinajstić information content (AvgIpc) is 3.22. The minimum atomic E-state index is 0.396. The maximum Gasteiger partial charge on any atom is 0.316 e. The highest BCUT2D eigenvalue weighted by Crippen LogP contribution is 2.25. The zero-order valence-corrected chi connectivity index (χ0v) is 13.3. The van der Waals surface area contributed by atoms with Gasteiger partial charge in [0.05, 0.1) is 24.4 Å². The maximum atomic E-state index is 5.55. The lowest BCUT2D eigenvalue weighted by Crippen LogP contribution is -2.35. The molecule has 1 fully saturated rings.